The van der Waals surface area contributed by atoms with Gasteiger partial charge in [-0.3, -0.25) is 4.79 Å². The van der Waals surface area contributed by atoms with Gasteiger partial charge in [0.1, 0.15) is 0 Å². The Hall–Kier alpha value is -1.43. The molecule has 128 valence electrons. The summed E-state index contributed by atoms with van der Waals surface area (Å²) in [7, 11) is 1.66. The maximum atomic E-state index is 12.6. The second kappa shape index (κ2) is 8.43. The van der Waals surface area contributed by atoms with Crippen molar-refractivity contribution in [2.45, 2.75) is 32.3 Å². The molecule has 23 heavy (non-hydrogen) atoms. The molecule has 1 aliphatic rings. The third-order valence-electron chi connectivity index (χ3n) is 4.75. The summed E-state index contributed by atoms with van der Waals surface area (Å²) in [4.78, 5) is 14.4. The number of carbonyl (C=O) groups is 1. The number of amides is 1. The van der Waals surface area contributed by atoms with E-state index < -0.39 is 0 Å². The number of likely N-dealkylation sites (tertiary alicyclic amines) is 1. The summed E-state index contributed by atoms with van der Waals surface area (Å²) in [5.74, 6) is 0.0942. The lowest BCUT2D eigenvalue weighted by Crippen LogP contribution is -2.48. The van der Waals surface area contributed by atoms with Gasteiger partial charge in [-0.05, 0) is 30.4 Å². The van der Waals surface area contributed by atoms with Crippen molar-refractivity contribution >= 4 is 5.91 Å². The van der Waals surface area contributed by atoms with Crippen LogP contribution in [0, 0.1) is 5.41 Å². The van der Waals surface area contributed by atoms with Gasteiger partial charge in [0.2, 0.25) is 5.91 Å². The molecule has 2 rings (SSSR count). The number of carbonyl (C=O) groups excluding carboxylic acids is 1. The van der Waals surface area contributed by atoms with E-state index in [9.17, 15) is 9.90 Å². The van der Waals surface area contributed by atoms with Crippen molar-refractivity contribution < 1.29 is 19.7 Å². The zero-order valence-corrected chi connectivity index (χ0v) is 13.8. The van der Waals surface area contributed by atoms with E-state index in [0.717, 1.165) is 36.9 Å². The molecule has 1 aliphatic heterocycles. The molecule has 0 saturated carbocycles. The van der Waals surface area contributed by atoms with Crippen molar-refractivity contribution in [3.05, 3.63) is 35.4 Å². The van der Waals surface area contributed by atoms with Crippen LogP contribution in [0.5, 0.6) is 0 Å². The largest absolute Gasteiger partial charge is 0.396 e. The highest BCUT2D eigenvalue weighted by Gasteiger charge is 2.36. The van der Waals surface area contributed by atoms with Crippen LogP contribution < -0.4 is 0 Å². The van der Waals surface area contributed by atoms with Crippen molar-refractivity contribution in [2.24, 2.45) is 5.41 Å². The van der Waals surface area contributed by atoms with Gasteiger partial charge in [0, 0.05) is 32.2 Å². The van der Waals surface area contributed by atoms with Gasteiger partial charge in [0.15, 0.2) is 0 Å². The molecule has 0 bridgehead atoms. The Morgan fingerprint density at radius 1 is 1.26 bits per heavy atom. The van der Waals surface area contributed by atoms with Gasteiger partial charge in [-0.2, -0.15) is 0 Å². The van der Waals surface area contributed by atoms with Crippen LogP contribution in [-0.2, 0) is 22.6 Å². The smallest absolute Gasteiger partial charge is 0.227 e. The fourth-order valence-corrected chi connectivity index (χ4v) is 3.20. The number of methoxy groups -OCH3 is 1. The van der Waals surface area contributed by atoms with Crippen LogP contribution in [0.1, 0.15) is 30.4 Å². The van der Waals surface area contributed by atoms with Crippen LogP contribution in [-0.4, -0.2) is 54.4 Å². The van der Waals surface area contributed by atoms with Crippen LogP contribution in [0.4, 0.5) is 0 Å². The van der Waals surface area contributed by atoms with E-state index in [4.69, 9.17) is 9.84 Å². The zero-order chi connectivity index (χ0) is 16.7. The van der Waals surface area contributed by atoms with Crippen LogP contribution in [0.3, 0.4) is 0 Å². The fraction of sp³-hybridized carbons (Fsp3) is 0.611. The molecule has 0 aromatic heterocycles. The molecule has 1 amide bonds. The zero-order valence-electron chi connectivity index (χ0n) is 13.8. The second-order valence-electron chi connectivity index (χ2n) is 6.47. The summed E-state index contributed by atoms with van der Waals surface area (Å²) in [5.41, 5.74) is 1.56. The van der Waals surface area contributed by atoms with E-state index in [1.165, 1.54) is 0 Å². The monoisotopic (exact) mass is 321 g/mol. The normalized spacial score (nSPS) is 21.4. The summed E-state index contributed by atoms with van der Waals surface area (Å²) in [6, 6.07) is 7.46. The summed E-state index contributed by atoms with van der Waals surface area (Å²) >= 11 is 0. The Labute approximate surface area is 137 Å². The highest BCUT2D eigenvalue weighted by atomic mass is 16.5. The first-order chi connectivity index (χ1) is 11.1. The molecule has 0 spiro atoms. The number of aliphatic hydroxyl groups is 2. The average Bonchev–Trinajstić information content (AvgIpc) is 2.61. The number of nitrogens with zero attached hydrogens (tertiary/aromatic N) is 1. The topological polar surface area (TPSA) is 70.0 Å². The van der Waals surface area contributed by atoms with Gasteiger partial charge in [-0.15, -0.1) is 0 Å². The number of hydrogen-bond acceptors (Lipinski definition) is 4. The van der Waals surface area contributed by atoms with E-state index in [0.29, 0.717) is 19.6 Å². The molecule has 5 heteroatoms. The maximum absolute atomic E-state index is 12.6. The predicted molar refractivity (Wildman–Crippen MR) is 87.9 cm³/mol. The number of hydrogen-bond donors (Lipinski definition) is 2. The third kappa shape index (κ3) is 4.77. The molecule has 0 aliphatic carbocycles. The minimum atomic E-state index is -0.231. The first kappa shape index (κ1) is 17.9. The Kier molecular flexibility index (Phi) is 6.57. The molecule has 1 atom stereocenters. The number of piperidine rings is 1. The molecular formula is C18H27NO4. The molecule has 0 unspecified atom stereocenters. The minimum absolute atomic E-state index is 0.0128. The number of aliphatic hydroxyl groups excluding tert-OH is 2. The Bertz CT molecular complexity index is 502. The van der Waals surface area contributed by atoms with Crippen LogP contribution in [0.15, 0.2) is 24.3 Å². The maximum Gasteiger partial charge on any atom is 0.227 e. The molecule has 1 aromatic carbocycles. The van der Waals surface area contributed by atoms with Gasteiger partial charge >= 0.3 is 0 Å². The van der Waals surface area contributed by atoms with Crippen molar-refractivity contribution in [1.82, 2.24) is 4.90 Å². The molecule has 2 N–H and O–H groups in total. The number of ether oxygens (including phenoxy) is 1. The van der Waals surface area contributed by atoms with Crippen LogP contribution in [0.2, 0.25) is 0 Å². The first-order valence-corrected chi connectivity index (χ1v) is 8.19. The van der Waals surface area contributed by atoms with Crippen molar-refractivity contribution in [1.29, 1.82) is 0 Å². The van der Waals surface area contributed by atoms with Gasteiger partial charge in [0.25, 0.3) is 0 Å². The molecular weight excluding hydrogens is 294 g/mol. The first-order valence-electron chi connectivity index (χ1n) is 8.19. The van der Waals surface area contributed by atoms with E-state index in [2.05, 4.69) is 0 Å². The van der Waals surface area contributed by atoms with Crippen molar-refractivity contribution in [2.75, 3.05) is 33.4 Å². The molecule has 1 heterocycles. The average molecular weight is 321 g/mol. The SMILES string of the molecule is COCC[C@@]1(CO)CCCN(C(=O)Cc2ccc(CO)cc2)C1. The Morgan fingerprint density at radius 2 is 1.96 bits per heavy atom. The van der Waals surface area contributed by atoms with Gasteiger partial charge in [-0.25, -0.2) is 0 Å². The number of rotatable bonds is 7. The lowest BCUT2D eigenvalue weighted by atomic mass is 9.78. The van der Waals surface area contributed by atoms with Crippen molar-refractivity contribution in [3.63, 3.8) is 0 Å². The lowest BCUT2D eigenvalue weighted by molar-refractivity contribution is -0.135. The fourth-order valence-electron chi connectivity index (χ4n) is 3.20. The van der Waals surface area contributed by atoms with E-state index in [1.54, 1.807) is 7.11 Å². The van der Waals surface area contributed by atoms with Gasteiger partial charge in [0.05, 0.1) is 19.6 Å². The summed E-state index contributed by atoms with van der Waals surface area (Å²) in [6.45, 7) is 2.05. The summed E-state index contributed by atoms with van der Waals surface area (Å²) in [6.07, 6.45) is 2.98. The van der Waals surface area contributed by atoms with E-state index in [-0.39, 0.29) is 24.5 Å². The highest BCUT2D eigenvalue weighted by molar-refractivity contribution is 5.79. The predicted octanol–water partition coefficient (Wildman–Crippen LogP) is 1.36. The second-order valence-corrected chi connectivity index (χ2v) is 6.47. The quantitative estimate of drug-likeness (QED) is 0.795. The van der Waals surface area contributed by atoms with Crippen molar-refractivity contribution in [3.8, 4) is 0 Å². The van der Waals surface area contributed by atoms with E-state index >= 15 is 0 Å². The number of benzene rings is 1. The standard InChI is InChI=1S/C18H27NO4/c1-23-10-8-18(14-21)7-2-9-19(13-18)17(22)11-15-3-5-16(12-20)6-4-15/h3-6,20-21H,2,7-14H2,1H3/t18-/m0/s1. The molecule has 0 radical (unpaired) electrons. The third-order valence-corrected chi connectivity index (χ3v) is 4.75. The Balaban J connectivity index is 1.97. The molecule has 1 saturated heterocycles. The summed E-state index contributed by atoms with van der Waals surface area (Å²) < 4.78 is 5.15. The Morgan fingerprint density at radius 3 is 2.57 bits per heavy atom. The van der Waals surface area contributed by atoms with E-state index in [1.807, 2.05) is 29.2 Å². The summed E-state index contributed by atoms with van der Waals surface area (Å²) in [5, 5.41) is 18.9. The van der Waals surface area contributed by atoms with Crippen LogP contribution >= 0.6 is 0 Å². The minimum Gasteiger partial charge on any atom is -0.396 e. The molecule has 1 aromatic rings. The van der Waals surface area contributed by atoms with Crippen LogP contribution in [0.25, 0.3) is 0 Å². The van der Waals surface area contributed by atoms with Gasteiger partial charge in [-0.1, -0.05) is 24.3 Å². The van der Waals surface area contributed by atoms with Gasteiger partial charge < -0.3 is 19.8 Å². The molecule has 5 nitrogen and oxygen atoms in total. The lowest BCUT2D eigenvalue weighted by Gasteiger charge is -2.42. The highest BCUT2D eigenvalue weighted by Crippen LogP contribution is 2.33. The molecule has 1 fully saturated rings.